The van der Waals surface area contributed by atoms with E-state index in [-0.39, 0.29) is 5.41 Å². The normalized spacial score (nSPS) is 14.0. The number of hydrogen-bond donors (Lipinski definition) is 0. The van der Waals surface area contributed by atoms with Gasteiger partial charge in [0.15, 0.2) is 0 Å². The van der Waals surface area contributed by atoms with Crippen LogP contribution in [0.2, 0.25) is 0 Å². The van der Waals surface area contributed by atoms with Gasteiger partial charge in [-0.2, -0.15) is 0 Å². The summed E-state index contributed by atoms with van der Waals surface area (Å²) in [4.78, 5) is 4.84. The molecule has 2 nitrogen and oxygen atoms in total. The minimum atomic E-state index is -0.00844. The van der Waals surface area contributed by atoms with Crippen LogP contribution in [0.25, 0.3) is 144 Å². The number of fused-ring (bicyclic) bond motifs is 13. The highest BCUT2D eigenvalue weighted by atomic mass is 15.1. The monoisotopic (exact) mass is 1660 g/mol. The van der Waals surface area contributed by atoms with Crippen molar-refractivity contribution in [1.29, 1.82) is 0 Å². The molecule has 24 rings (SSSR count). The molecule has 0 unspecified atom stereocenters. The summed E-state index contributed by atoms with van der Waals surface area (Å²) in [5.74, 6) is 0. The summed E-state index contributed by atoms with van der Waals surface area (Å²) in [6.07, 6.45) is 19.3. The maximum atomic E-state index is 2.58. The molecule has 0 bridgehead atoms. The van der Waals surface area contributed by atoms with E-state index < -0.39 is 0 Å². The minimum Gasteiger partial charge on any atom is -0.311 e. The highest BCUT2D eigenvalue weighted by Crippen LogP contribution is 2.54. The van der Waals surface area contributed by atoms with Gasteiger partial charge >= 0.3 is 0 Å². The lowest BCUT2D eigenvalue weighted by Crippen LogP contribution is -2.17. The standard InChI is InChI=1S/C68H53N.C59H51N/c1-3-15-46(16-4-1)48-27-29-51(30-28-48)67-62-23-11-13-25-64(62)68(65-26-14-12-24-63(65)67)52-35-42-56(43-36-52)69(54-38-31-49(32-39-54)47-17-5-2-6-18-47)55-40-33-50(34-41-55)53-37-44-61-59-21-8-7-19-57(59)58-20-9-10-22-60(58)66(61)45-53;1-59(2)55-24-14-13-19-49(55)50-38-31-45(39-56(50)59)58-53-22-11-9-20-51(53)57(52-21-10-12-23-54(52)58)44-29-36-48(37-30-44)60(46-32-25-42(26-33-46)40-15-5-3-6-16-40)47-34-27-43(28-35-47)41-17-7-4-8-18-41/h1-10,15-22,27-45H,11-14,23-26H2;3-8,13-19,24-39H,9-12,20-23H2,1-2H3. The van der Waals surface area contributed by atoms with Crippen LogP contribution in [0.5, 0.6) is 0 Å². The molecular formula is C127H104N2. The molecule has 5 aliphatic carbocycles. The minimum absolute atomic E-state index is 0.00844. The highest BCUT2D eigenvalue weighted by Gasteiger charge is 2.37. The number of nitrogens with zero attached hydrogens (tertiary/aromatic N) is 2. The van der Waals surface area contributed by atoms with Gasteiger partial charge in [0.25, 0.3) is 0 Å². The Balaban J connectivity index is 0.000000149. The van der Waals surface area contributed by atoms with Crippen LogP contribution in [0, 0.1) is 0 Å². The van der Waals surface area contributed by atoms with Crippen LogP contribution in [0.4, 0.5) is 34.1 Å². The van der Waals surface area contributed by atoms with Crippen molar-refractivity contribution in [1.82, 2.24) is 0 Å². The van der Waals surface area contributed by atoms with E-state index in [1.54, 1.807) is 55.6 Å². The van der Waals surface area contributed by atoms with Gasteiger partial charge in [0.2, 0.25) is 0 Å². The highest BCUT2D eigenvalue weighted by molar-refractivity contribution is 6.26. The van der Waals surface area contributed by atoms with Crippen LogP contribution in [-0.2, 0) is 56.8 Å². The van der Waals surface area contributed by atoms with Crippen LogP contribution in [0.1, 0.15) is 121 Å². The van der Waals surface area contributed by atoms with Gasteiger partial charge in [-0.15, -0.1) is 0 Å². The molecule has 0 aliphatic heterocycles. The summed E-state index contributed by atoms with van der Waals surface area (Å²) < 4.78 is 0. The van der Waals surface area contributed by atoms with E-state index in [9.17, 15) is 0 Å². The van der Waals surface area contributed by atoms with Crippen molar-refractivity contribution < 1.29 is 0 Å². The summed E-state index contributed by atoms with van der Waals surface area (Å²) in [5, 5.41) is 7.79. The van der Waals surface area contributed by atoms with Crippen molar-refractivity contribution in [2.24, 2.45) is 0 Å². The molecule has 0 saturated heterocycles. The molecule has 0 atom stereocenters. The largest absolute Gasteiger partial charge is 0.311 e. The number of rotatable bonds is 15. The fraction of sp³-hybridized carbons (Fsp3) is 0.150. The first-order valence-electron chi connectivity index (χ1n) is 47.3. The molecule has 0 N–H and O–H groups in total. The summed E-state index contributed by atoms with van der Waals surface area (Å²) in [6.45, 7) is 4.83. The van der Waals surface area contributed by atoms with Gasteiger partial charge in [0.05, 0.1) is 0 Å². The van der Waals surface area contributed by atoms with Gasteiger partial charge in [-0.05, 0) is 387 Å². The summed E-state index contributed by atoms with van der Waals surface area (Å²) >= 11 is 0. The predicted octanol–water partition coefficient (Wildman–Crippen LogP) is 34.6. The third-order valence-electron chi connectivity index (χ3n) is 29.2. The first-order valence-corrected chi connectivity index (χ1v) is 47.3. The zero-order valence-electron chi connectivity index (χ0n) is 73.8. The van der Waals surface area contributed by atoms with Crippen molar-refractivity contribution in [3.8, 4) is 111 Å². The molecule has 2 heteroatoms. The average Bonchev–Trinajstić information content (AvgIpc) is 1.65. The molecule has 129 heavy (non-hydrogen) atoms. The molecule has 0 spiro atoms. The van der Waals surface area contributed by atoms with Crippen molar-refractivity contribution in [2.45, 2.75) is 122 Å². The zero-order valence-corrected chi connectivity index (χ0v) is 73.8. The molecule has 0 heterocycles. The van der Waals surface area contributed by atoms with Gasteiger partial charge in [-0.25, -0.2) is 0 Å². The van der Waals surface area contributed by atoms with Gasteiger partial charge < -0.3 is 9.80 Å². The zero-order chi connectivity index (χ0) is 85.9. The van der Waals surface area contributed by atoms with Crippen molar-refractivity contribution >= 4 is 66.4 Å². The second-order valence-electron chi connectivity index (χ2n) is 36.9. The van der Waals surface area contributed by atoms with Crippen LogP contribution >= 0.6 is 0 Å². The average molecular weight is 1660 g/mol. The van der Waals surface area contributed by atoms with Crippen LogP contribution in [-0.4, -0.2) is 0 Å². The van der Waals surface area contributed by atoms with E-state index >= 15 is 0 Å². The molecular weight excluding hydrogens is 1550 g/mol. The van der Waals surface area contributed by atoms with Crippen LogP contribution < -0.4 is 9.80 Å². The van der Waals surface area contributed by atoms with E-state index in [1.807, 2.05) is 0 Å². The Kier molecular flexibility index (Phi) is 20.9. The topological polar surface area (TPSA) is 6.48 Å². The lowest BCUT2D eigenvalue weighted by molar-refractivity contribution is 0.658. The third kappa shape index (κ3) is 14.7. The van der Waals surface area contributed by atoms with Crippen molar-refractivity contribution in [3.05, 3.63) is 456 Å². The Morgan fingerprint density at radius 2 is 0.380 bits per heavy atom. The van der Waals surface area contributed by atoms with Gasteiger partial charge in [-0.1, -0.05) is 329 Å². The molecule has 0 fully saturated rings. The van der Waals surface area contributed by atoms with Crippen LogP contribution in [0.15, 0.2) is 400 Å². The van der Waals surface area contributed by atoms with E-state index in [0.717, 1.165) is 79.8 Å². The quantitative estimate of drug-likeness (QED) is 0.0944. The van der Waals surface area contributed by atoms with Gasteiger partial charge in [-0.3, -0.25) is 0 Å². The Morgan fingerprint density at radius 1 is 0.163 bits per heavy atom. The summed E-state index contributed by atoms with van der Waals surface area (Å²) in [7, 11) is 0. The molecule has 0 aromatic heterocycles. The first-order chi connectivity index (χ1) is 63.8. The maximum absolute atomic E-state index is 2.58. The molecule has 622 valence electrons. The molecule has 19 aromatic rings. The number of anilines is 6. The SMILES string of the molecule is CC1(C)c2ccccc2-c2ccc(-c3c4c(c(-c5ccc(N(c6ccc(-c7ccccc7)cc6)c6ccc(-c7ccccc7)cc6)cc5)c5c3CCCC5)CCCC4)cc21.c1ccc(-c2ccc(-c3c4c(c(-c5ccc(N(c6ccc(-c7ccccc7)cc6)c6ccc(-c7ccc8c9ccccc9c9ccccc9c8c7)cc6)cc5)c5c3CCCC5)CCCC4)cc2)cc1. The van der Waals surface area contributed by atoms with E-state index in [1.165, 1.54) is 201 Å². The lowest BCUT2D eigenvalue weighted by atomic mass is 9.72. The van der Waals surface area contributed by atoms with Crippen LogP contribution in [0.3, 0.4) is 0 Å². The number of hydrogen-bond acceptors (Lipinski definition) is 2. The maximum Gasteiger partial charge on any atom is 0.0462 e. The summed E-state index contributed by atoms with van der Waals surface area (Å²) in [5.41, 5.74) is 49.5. The number of benzene rings is 19. The van der Waals surface area contributed by atoms with Gasteiger partial charge in [0.1, 0.15) is 0 Å². The molecule has 0 amide bonds. The van der Waals surface area contributed by atoms with Crippen molar-refractivity contribution in [3.63, 3.8) is 0 Å². The predicted molar refractivity (Wildman–Crippen MR) is 548 cm³/mol. The fourth-order valence-corrected chi connectivity index (χ4v) is 22.9. The summed E-state index contributed by atoms with van der Waals surface area (Å²) in [6, 6.07) is 149. The molecule has 0 saturated carbocycles. The molecule has 19 aromatic carbocycles. The first kappa shape index (κ1) is 79.2. The molecule has 0 radical (unpaired) electrons. The fourth-order valence-electron chi connectivity index (χ4n) is 22.9. The third-order valence-corrected chi connectivity index (χ3v) is 29.2. The smallest absolute Gasteiger partial charge is 0.0462 e. The Labute approximate surface area is 760 Å². The van der Waals surface area contributed by atoms with Crippen molar-refractivity contribution in [2.75, 3.05) is 9.80 Å². The van der Waals surface area contributed by atoms with E-state index in [0.29, 0.717) is 0 Å². The second-order valence-corrected chi connectivity index (χ2v) is 36.9. The van der Waals surface area contributed by atoms with E-state index in [2.05, 4.69) is 424 Å². The Morgan fingerprint density at radius 3 is 0.705 bits per heavy atom. The Hall–Kier alpha value is -14.4. The van der Waals surface area contributed by atoms with Gasteiger partial charge in [0, 0.05) is 39.5 Å². The second kappa shape index (κ2) is 34.0. The molecule has 5 aliphatic rings. The lowest BCUT2D eigenvalue weighted by Gasteiger charge is -2.32. The van der Waals surface area contributed by atoms with E-state index in [4.69, 9.17) is 0 Å². The Bertz CT molecular complexity index is 7200.